The number of hydrogen-bond donors (Lipinski definition) is 2. The Morgan fingerprint density at radius 3 is 2.45 bits per heavy atom. The van der Waals surface area contributed by atoms with E-state index in [9.17, 15) is 0 Å². The van der Waals surface area contributed by atoms with E-state index in [0.717, 1.165) is 18.0 Å². The van der Waals surface area contributed by atoms with Gasteiger partial charge in [0.15, 0.2) is 0 Å². The molecular weight excluding hydrogens is 435 g/mol. The second-order valence-electron chi connectivity index (χ2n) is 6.29. The van der Waals surface area contributed by atoms with E-state index in [1.54, 1.807) is 0 Å². The van der Waals surface area contributed by atoms with E-state index in [-0.39, 0.29) is 0 Å². The van der Waals surface area contributed by atoms with Crippen LogP contribution in [0.2, 0.25) is 10.0 Å². The molecule has 29 heavy (non-hydrogen) atoms. The molecule has 0 aliphatic carbocycles. The predicted molar refractivity (Wildman–Crippen MR) is 118 cm³/mol. The van der Waals surface area contributed by atoms with Crippen molar-refractivity contribution in [3.63, 3.8) is 0 Å². The van der Waals surface area contributed by atoms with Crippen LogP contribution in [-0.4, -0.2) is 37.5 Å². The highest BCUT2D eigenvalue weighted by molar-refractivity contribution is 7.99. The molecule has 2 N–H and O–H groups in total. The molecule has 0 amide bonds. The number of aryl methyl sites for hydroxylation is 1. The van der Waals surface area contributed by atoms with Crippen molar-refractivity contribution in [3.05, 3.63) is 52.5 Å². The summed E-state index contributed by atoms with van der Waals surface area (Å²) in [5.41, 5.74) is 1.19. The molecule has 0 aliphatic rings. The maximum absolute atomic E-state index is 9.10. The van der Waals surface area contributed by atoms with Crippen molar-refractivity contribution < 1.29 is 19.8 Å². The summed E-state index contributed by atoms with van der Waals surface area (Å²) in [6.45, 7) is 3.19. The third-order valence-corrected chi connectivity index (χ3v) is 6.00. The molecule has 1 atom stereocenters. The Balaban J connectivity index is 0.000000612. The van der Waals surface area contributed by atoms with Gasteiger partial charge < -0.3 is 14.8 Å². The summed E-state index contributed by atoms with van der Waals surface area (Å²) in [6, 6.07) is 5.85. The average molecular weight is 461 g/mol. The predicted octanol–water partition coefficient (Wildman–Crippen LogP) is 5.79. The zero-order chi connectivity index (χ0) is 21.6. The highest BCUT2D eigenvalue weighted by Gasteiger charge is 2.16. The van der Waals surface area contributed by atoms with Crippen molar-refractivity contribution in [2.24, 2.45) is 0 Å². The van der Waals surface area contributed by atoms with Crippen LogP contribution in [0, 0.1) is 0 Å². The third-order valence-electron chi connectivity index (χ3n) is 4.02. The SMILES string of the molecule is CCCCCCSC(CCn1ccnc1)c1ccc(Cl)cc1Cl.O=C(O)C(=O)O. The maximum Gasteiger partial charge on any atom is 0.414 e. The lowest BCUT2D eigenvalue weighted by Crippen LogP contribution is -2.09. The largest absolute Gasteiger partial charge is 0.473 e. The van der Waals surface area contributed by atoms with Crippen LogP contribution in [-0.2, 0) is 16.1 Å². The molecule has 0 spiro atoms. The van der Waals surface area contributed by atoms with Crippen LogP contribution in [0.3, 0.4) is 0 Å². The number of imidazole rings is 1. The van der Waals surface area contributed by atoms with E-state index in [0.29, 0.717) is 10.3 Å². The standard InChI is InChI=1S/C18H24Cl2N2S.C2H2O4/c1-2-3-4-5-12-23-18(8-10-22-11-9-21-14-22)16-7-6-15(19)13-17(16)20;3-1(4)2(5)6/h6-7,9,11,13-14,18H,2-5,8,10,12H2,1H3;(H,3,4)(H,5,6). The Hall–Kier alpha value is -1.70. The summed E-state index contributed by atoms with van der Waals surface area (Å²) in [7, 11) is 0. The first-order valence-electron chi connectivity index (χ1n) is 9.33. The fourth-order valence-electron chi connectivity index (χ4n) is 2.53. The van der Waals surface area contributed by atoms with Gasteiger partial charge in [-0.15, -0.1) is 0 Å². The molecule has 2 rings (SSSR count). The molecule has 0 aliphatic heterocycles. The number of carboxylic acids is 2. The average Bonchev–Trinajstić information content (AvgIpc) is 3.18. The number of rotatable bonds is 10. The molecule has 0 saturated carbocycles. The van der Waals surface area contributed by atoms with Gasteiger partial charge in [-0.05, 0) is 36.3 Å². The van der Waals surface area contributed by atoms with Crippen LogP contribution in [0.4, 0.5) is 0 Å². The van der Waals surface area contributed by atoms with Crippen LogP contribution < -0.4 is 0 Å². The van der Waals surface area contributed by atoms with Crippen LogP contribution in [0.15, 0.2) is 36.9 Å². The highest BCUT2D eigenvalue weighted by atomic mass is 35.5. The van der Waals surface area contributed by atoms with Gasteiger partial charge in [-0.2, -0.15) is 11.8 Å². The first-order valence-corrected chi connectivity index (χ1v) is 11.1. The number of carboxylic acid groups (broad SMARTS) is 2. The van der Waals surface area contributed by atoms with Gasteiger partial charge in [0.05, 0.1) is 6.33 Å². The minimum atomic E-state index is -1.82. The fourth-order valence-corrected chi connectivity index (χ4v) is 4.45. The monoisotopic (exact) mass is 460 g/mol. The summed E-state index contributed by atoms with van der Waals surface area (Å²) in [5, 5.41) is 16.6. The Kier molecular flexibility index (Phi) is 12.5. The van der Waals surface area contributed by atoms with Crippen LogP contribution in [0.5, 0.6) is 0 Å². The van der Waals surface area contributed by atoms with Gasteiger partial charge >= 0.3 is 11.9 Å². The van der Waals surface area contributed by atoms with Gasteiger partial charge in [0.1, 0.15) is 0 Å². The van der Waals surface area contributed by atoms with Gasteiger partial charge in [0, 0.05) is 34.2 Å². The van der Waals surface area contributed by atoms with Crippen molar-refractivity contribution in [2.45, 2.75) is 50.8 Å². The molecule has 1 aromatic heterocycles. The zero-order valence-electron chi connectivity index (χ0n) is 16.3. The molecule has 0 saturated heterocycles. The Labute approximate surface area is 185 Å². The van der Waals surface area contributed by atoms with E-state index in [1.807, 2.05) is 42.6 Å². The highest BCUT2D eigenvalue weighted by Crippen LogP contribution is 2.38. The van der Waals surface area contributed by atoms with Gasteiger partial charge in [-0.25, -0.2) is 14.6 Å². The number of unbranched alkanes of at least 4 members (excludes halogenated alkanes) is 3. The van der Waals surface area contributed by atoms with Gasteiger partial charge in [-0.3, -0.25) is 0 Å². The molecule has 1 aromatic carbocycles. The zero-order valence-corrected chi connectivity index (χ0v) is 18.6. The normalized spacial score (nSPS) is 11.4. The van der Waals surface area contributed by atoms with Gasteiger partial charge in [0.25, 0.3) is 0 Å². The van der Waals surface area contributed by atoms with E-state index in [1.165, 1.54) is 37.0 Å². The van der Waals surface area contributed by atoms with Crippen molar-refractivity contribution >= 4 is 46.9 Å². The number of aromatic nitrogens is 2. The Morgan fingerprint density at radius 2 is 1.90 bits per heavy atom. The number of benzene rings is 1. The van der Waals surface area contributed by atoms with Crippen LogP contribution >= 0.6 is 35.0 Å². The van der Waals surface area contributed by atoms with Gasteiger partial charge in [-0.1, -0.05) is 55.5 Å². The first kappa shape index (κ1) is 25.3. The number of aliphatic carboxylic acids is 2. The summed E-state index contributed by atoms with van der Waals surface area (Å²) in [4.78, 5) is 22.3. The molecule has 0 radical (unpaired) electrons. The molecule has 160 valence electrons. The van der Waals surface area contributed by atoms with E-state index < -0.39 is 11.9 Å². The minimum absolute atomic E-state index is 0.392. The molecule has 2 aromatic rings. The third kappa shape index (κ3) is 10.6. The Morgan fingerprint density at radius 1 is 1.17 bits per heavy atom. The lowest BCUT2D eigenvalue weighted by molar-refractivity contribution is -0.159. The lowest BCUT2D eigenvalue weighted by Gasteiger charge is -2.19. The number of carbonyl (C=O) groups is 2. The van der Waals surface area contributed by atoms with Crippen molar-refractivity contribution in [1.82, 2.24) is 9.55 Å². The van der Waals surface area contributed by atoms with Gasteiger partial charge in [0.2, 0.25) is 0 Å². The number of thioether (sulfide) groups is 1. The van der Waals surface area contributed by atoms with E-state index in [4.69, 9.17) is 43.0 Å². The topological polar surface area (TPSA) is 92.4 Å². The van der Waals surface area contributed by atoms with Crippen molar-refractivity contribution in [2.75, 3.05) is 5.75 Å². The maximum atomic E-state index is 9.10. The molecular formula is C20H26Cl2N2O4S. The summed E-state index contributed by atoms with van der Waals surface area (Å²) in [6.07, 6.45) is 11.9. The fraction of sp³-hybridized carbons (Fsp3) is 0.450. The minimum Gasteiger partial charge on any atom is -0.473 e. The quantitative estimate of drug-likeness (QED) is 0.344. The second-order valence-corrected chi connectivity index (χ2v) is 8.44. The number of nitrogens with zero attached hydrogens (tertiary/aromatic N) is 2. The first-order chi connectivity index (χ1) is 13.8. The summed E-state index contributed by atoms with van der Waals surface area (Å²) in [5.74, 6) is -2.47. The molecule has 6 nitrogen and oxygen atoms in total. The van der Waals surface area contributed by atoms with E-state index in [2.05, 4.69) is 22.5 Å². The number of halogens is 2. The lowest BCUT2D eigenvalue weighted by atomic mass is 10.1. The van der Waals surface area contributed by atoms with Crippen LogP contribution in [0.25, 0.3) is 0 Å². The molecule has 1 unspecified atom stereocenters. The smallest absolute Gasteiger partial charge is 0.414 e. The van der Waals surface area contributed by atoms with Crippen molar-refractivity contribution in [1.29, 1.82) is 0 Å². The Bertz CT molecular complexity index is 745. The molecule has 9 heteroatoms. The van der Waals surface area contributed by atoms with Crippen LogP contribution in [0.1, 0.15) is 49.8 Å². The second kappa shape index (κ2) is 14.3. The summed E-state index contributed by atoms with van der Waals surface area (Å²) < 4.78 is 2.12. The van der Waals surface area contributed by atoms with E-state index >= 15 is 0 Å². The number of hydrogen-bond acceptors (Lipinski definition) is 4. The molecule has 1 heterocycles. The molecule has 0 fully saturated rings. The summed E-state index contributed by atoms with van der Waals surface area (Å²) >= 11 is 14.5. The van der Waals surface area contributed by atoms with Crippen molar-refractivity contribution in [3.8, 4) is 0 Å². The molecule has 0 bridgehead atoms.